The van der Waals surface area contributed by atoms with Crippen LogP contribution in [0, 0.1) is 11.3 Å². The first kappa shape index (κ1) is 16.0. The number of anilines is 2. The summed E-state index contributed by atoms with van der Waals surface area (Å²) in [5.41, 5.74) is 0.933. The molecule has 0 saturated carbocycles. The quantitative estimate of drug-likeness (QED) is 0.737. The number of nitrogens with zero attached hydrogens (tertiary/aromatic N) is 3. The molecule has 0 spiro atoms. The molecular formula is C16H9F3N4S. The molecule has 0 aliphatic heterocycles. The summed E-state index contributed by atoms with van der Waals surface area (Å²) in [7, 11) is 0. The van der Waals surface area contributed by atoms with Crippen LogP contribution in [0.2, 0.25) is 0 Å². The van der Waals surface area contributed by atoms with Crippen LogP contribution in [0.5, 0.6) is 0 Å². The fourth-order valence-corrected chi connectivity index (χ4v) is 2.71. The monoisotopic (exact) mass is 346 g/mol. The zero-order valence-electron chi connectivity index (χ0n) is 12.0. The van der Waals surface area contributed by atoms with Crippen LogP contribution < -0.4 is 5.32 Å². The molecule has 2 heterocycles. The third-order valence-electron chi connectivity index (χ3n) is 3.07. The Labute approximate surface area is 139 Å². The Kier molecular flexibility index (Phi) is 4.18. The molecule has 120 valence electrons. The van der Waals surface area contributed by atoms with E-state index < -0.39 is 11.9 Å². The van der Waals surface area contributed by atoms with E-state index >= 15 is 0 Å². The summed E-state index contributed by atoms with van der Waals surface area (Å²) in [5, 5.41) is 13.9. The molecule has 0 unspecified atom stereocenters. The van der Waals surface area contributed by atoms with Gasteiger partial charge in [-0.05, 0) is 24.3 Å². The van der Waals surface area contributed by atoms with E-state index in [1.165, 1.54) is 23.5 Å². The second-order valence-corrected chi connectivity index (χ2v) is 5.62. The zero-order chi connectivity index (χ0) is 17.2. The number of hydrogen-bond donors (Lipinski definition) is 1. The first-order valence-corrected chi connectivity index (χ1v) is 7.61. The lowest BCUT2D eigenvalue weighted by molar-refractivity contribution is -0.141. The van der Waals surface area contributed by atoms with E-state index in [-0.39, 0.29) is 5.82 Å². The van der Waals surface area contributed by atoms with E-state index in [2.05, 4.69) is 15.3 Å². The first-order chi connectivity index (χ1) is 11.5. The Bertz CT molecular complexity index is 912. The highest BCUT2D eigenvalue weighted by Crippen LogP contribution is 2.30. The summed E-state index contributed by atoms with van der Waals surface area (Å²) < 4.78 is 38.0. The van der Waals surface area contributed by atoms with Crippen molar-refractivity contribution in [1.82, 2.24) is 9.97 Å². The molecular weight excluding hydrogens is 337 g/mol. The van der Waals surface area contributed by atoms with Crippen LogP contribution in [0.15, 0.2) is 47.8 Å². The largest absolute Gasteiger partial charge is 0.433 e. The minimum atomic E-state index is -4.50. The van der Waals surface area contributed by atoms with Crippen molar-refractivity contribution >= 4 is 22.3 Å². The van der Waals surface area contributed by atoms with Gasteiger partial charge in [0, 0.05) is 10.9 Å². The fourth-order valence-electron chi connectivity index (χ4n) is 1.98. The zero-order valence-corrected chi connectivity index (χ0v) is 12.8. The average Bonchev–Trinajstić information content (AvgIpc) is 3.03. The maximum Gasteiger partial charge on any atom is 0.433 e. The molecule has 3 rings (SSSR count). The second kappa shape index (κ2) is 6.29. The maximum atomic E-state index is 12.7. The topological polar surface area (TPSA) is 61.6 Å². The van der Waals surface area contributed by atoms with E-state index in [9.17, 15) is 13.2 Å². The molecule has 1 N–H and O–H groups in total. The van der Waals surface area contributed by atoms with Gasteiger partial charge in [-0.15, -0.1) is 11.3 Å². The molecule has 0 aliphatic carbocycles. The van der Waals surface area contributed by atoms with Gasteiger partial charge in [0.2, 0.25) is 0 Å². The van der Waals surface area contributed by atoms with Gasteiger partial charge < -0.3 is 5.32 Å². The smallest absolute Gasteiger partial charge is 0.316 e. The van der Waals surface area contributed by atoms with E-state index in [1.54, 1.807) is 23.6 Å². The molecule has 1 aromatic carbocycles. The molecule has 0 bridgehead atoms. The van der Waals surface area contributed by atoms with Gasteiger partial charge in [-0.25, -0.2) is 9.97 Å². The first-order valence-electron chi connectivity index (χ1n) is 6.73. The highest BCUT2D eigenvalue weighted by atomic mass is 32.1. The number of benzene rings is 1. The summed E-state index contributed by atoms with van der Waals surface area (Å²) in [6.45, 7) is 0. The van der Waals surface area contributed by atoms with Gasteiger partial charge in [-0.2, -0.15) is 18.4 Å². The Hall–Kier alpha value is -2.92. The normalized spacial score (nSPS) is 11.1. The highest BCUT2D eigenvalue weighted by molar-refractivity contribution is 7.14. The number of nitrogens with one attached hydrogen (secondary N) is 1. The van der Waals surface area contributed by atoms with Crippen LogP contribution >= 0.6 is 11.3 Å². The van der Waals surface area contributed by atoms with Gasteiger partial charge in [0.05, 0.1) is 17.3 Å². The Balaban J connectivity index is 1.83. The van der Waals surface area contributed by atoms with E-state index in [4.69, 9.17) is 5.26 Å². The lowest BCUT2D eigenvalue weighted by Crippen LogP contribution is -2.08. The van der Waals surface area contributed by atoms with Crippen molar-refractivity contribution in [3.8, 4) is 17.3 Å². The lowest BCUT2D eigenvalue weighted by atomic mass is 10.1. The number of aromatic nitrogens is 2. The van der Waals surface area contributed by atoms with Gasteiger partial charge in [0.25, 0.3) is 0 Å². The van der Waals surface area contributed by atoms with Crippen LogP contribution in [0.4, 0.5) is 24.1 Å². The third kappa shape index (κ3) is 3.52. The van der Waals surface area contributed by atoms with Crippen molar-refractivity contribution < 1.29 is 13.2 Å². The summed E-state index contributed by atoms with van der Waals surface area (Å²) in [6.07, 6.45) is -4.50. The Morgan fingerprint density at radius 2 is 1.88 bits per heavy atom. The number of thiazole rings is 1. The van der Waals surface area contributed by atoms with Crippen molar-refractivity contribution in [1.29, 1.82) is 5.26 Å². The number of rotatable bonds is 3. The van der Waals surface area contributed by atoms with E-state index in [0.29, 0.717) is 16.4 Å². The third-order valence-corrected chi connectivity index (χ3v) is 3.82. The summed E-state index contributed by atoms with van der Waals surface area (Å²) in [4.78, 5) is 7.86. The molecule has 2 aromatic heterocycles. The molecule has 0 amide bonds. The van der Waals surface area contributed by atoms with Crippen molar-refractivity contribution in [2.45, 2.75) is 6.18 Å². The molecule has 3 aromatic rings. The molecule has 0 saturated heterocycles. The summed E-state index contributed by atoms with van der Waals surface area (Å²) >= 11 is 1.24. The second-order valence-electron chi connectivity index (χ2n) is 4.76. The maximum absolute atomic E-state index is 12.7. The predicted octanol–water partition coefficient (Wildman–Crippen LogP) is 4.84. The minimum Gasteiger partial charge on any atom is -0.316 e. The molecule has 0 radical (unpaired) electrons. The average molecular weight is 346 g/mol. The molecule has 0 aliphatic rings. The van der Waals surface area contributed by atoms with Gasteiger partial charge in [0.1, 0.15) is 11.5 Å². The molecule has 8 heteroatoms. The number of alkyl halides is 3. The number of pyridine rings is 1. The number of halogens is 3. The lowest BCUT2D eigenvalue weighted by Gasteiger charge is -2.07. The van der Waals surface area contributed by atoms with Crippen molar-refractivity contribution in [3.05, 3.63) is 59.1 Å². The van der Waals surface area contributed by atoms with Crippen LogP contribution in [0.1, 0.15) is 11.3 Å². The van der Waals surface area contributed by atoms with Gasteiger partial charge in [-0.3, -0.25) is 0 Å². The Morgan fingerprint density at radius 1 is 1.08 bits per heavy atom. The van der Waals surface area contributed by atoms with E-state index in [0.717, 1.165) is 11.6 Å². The van der Waals surface area contributed by atoms with Crippen LogP contribution in [0.25, 0.3) is 11.3 Å². The molecule has 24 heavy (non-hydrogen) atoms. The van der Waals surface area contributed by atoms with Crippen LogP contribution in [-0.2, 0) is 6.18 Å². The minimum absolute atomic E-state index is 0.0662. The summed E-state index contributed by atoms with van der Waals surface area (Å²) in [6, 6.07) is 12.6. The standard InChI is InChI=1S/C16H9F3N4S/c17-16(18,19)13-5-2-6-14(22-13)23-15-21-12(9-24-15)11-4-1-3-10(7-11)8-20/h1-7,9H,(H,21,22,23). The number of nitriles is 1. The van der Waals surface area contributed by atoms with Crippen molar-refractivity contribution in [3.63, 3.8) is 0 Å². The van der Waals surface area contributed by atoms with Crippen molar-refractivity contribution in [2.24, 2.45) is 0 Å². The van der Waals surface area contributed by atoms with Crippen LogP contribution in [-0.4, -0.2) is 9.97 Å². The number of hydrogen-bond acceptors (Lipinski definition) is 5. The van der Waals surface area contributed by atoms with Crippen molar-refractivity contribution in [2.75, 3.05) is 5.32 Å². The fraction of sp³-hybridized carbons (Fsp3) is 0.0625. The van der Waals surface area contributed by atoms with Crippen LogP contribution in [0.3, 0.4) is 0 Å². The summed E-state index contributed by atoms with van der Waals surface area (Å²) in [5.74, 6) is 0.0662. The van der Waals surface area contributed by atoms with Gasteiger partial charge in [-0.1, -0.05) is 18.2 Å². The molecule has 0 atom stereocenters. The highest BCUT2D eigenvalue weighted by Gasteiger charge is 2.32. The van der Waals surface area contributed by atoms with E-state index in [1.807, 2.05) is 12.1 Å². The van der Waals surface area contributed by atoms with Gasteiger partial charge in [0.15, 0.2) is 5.13 Å². The predicted molar refractivity (Wildman–Crippen MR) is 84.8 cm³/mol. The SMILES string of the molecule is N#Cc1cccc(-c2csc(Nc3cccc(C(F)(F)F)n3)n2)c1. The van der Waals surface area contributed by atoms with Gasteiger partial charge >= 0.3 is 6.18 Å². The Morgan fingerprint density at radius 3 is 2.62 bits per heavy atom. The molecule has 4 nitrogen and oxygen atoms in total. The molecule has 0 fully saturated rings.